The number of likely N-dealkylation sites (N-methyl/N-ethyl adjacent to an activating group) is 1. The zero-order valence-corrected chi connectivity index (χ0v) is 10.9. The van der Waals surface area contributed by atoms with E-state index < -0.39 is 0 Å². The number of fused-ring (bicyclic) bond motifs is 1. The molecule has 96 valence electrons. The molecule has 0 radical (unpaired) electrons. The third-order valence-corrected chi connectivity index (χ3v) is 4.42. The van der Waals surface area contributed by atoms with Gasteiger partial charge in [-0.3, -0.25) is 4.79 Å². The molecular weight excluding hydrogens is 224 g/mol. The van der Waals surface area contributed by atoms with E-state index in [-0.39, 0.29) is 11.9 Å². The van der Waals surface area contributed by atoms with Crippen molar-refractivity contribution in [3.8, 4) is 0 Å². The number of anilines is 1. The highest BCUT2D eigenvalue weighted by molar-refractivity contribution is 6.00. The number of amides is 1. The summed E-state index contributed by atoms with van der Waals surface area (Å²) >= 11 is 0. The monoisotopic (exact) mass is 244 g/mol. The Balaban J connectivity index is 1.78. The maximum absolute atomic E-state index is 11.6. The summed E-state index contributed by atoms with van der Waals surface area (Å²) in [6.45, 7) is 0. The van der Waals surface area contributed by atoms with E-state index in [4.69, 9.17) is 5.73 Å². The van der Waals surface area contributed by atoms with Crippen molar-refractivity contribution in [2.75, 3.05) is 11.9 Å². The van der Waals surface area contributed by atoms with Crippen molar-refractivity contribution in [2.24, 2.45) is 11.7 Å². The van der Waals surface area contributed by atoms with Gasteiger partial charge in [-0.25, -0.2) is 0 Å². The molecule has 0 bridgehead atoms. The Kier molecular flexibility index (Phi) is 2.86. The summed E-state index contributed by atoms with van der Waals surface area (Å²) in [6.07, 6.45) is 5.64. The molecule has 1 aromatic rings. The first kappa shape index (κ1) is 11.7. The fraction of sp³-hybridized carbons (Fsp3) is 0.533. The van der Waals surface area contributed by atoms with E-state index >= 15 is 0 Å². The zero-order valence-electron chi connectivity index (χ0n) is 10.9. The largest absolute Gasteiger partial charge is 0.324 e. The number of carbonyl (C=O) groups is 1. The van der Waals surface area contributed by atoms with Gasteiger partial charge in [-0.15, -0.1) is 0 Å². The molecule has 1 heterocycles. The number of rotatable bonds is 3. The van der Waals surface area contributed by atoms with Crippen LogP contribution in [0.3, 0.4) is 0 Å². The van der Waals surface area contributed by atoms with Crippen molar-refractivity contribution in [3.05, 3.63) is 29.3 Å². The van der Waals surface area contributed by atoms with Crippen molar-refractivity contribution < 1.29 is 4.79 Å². The van der Waals surface area contributed by atoms with E-state index in [0.717, 1.165) is 23.6 Å². The van der Waals surface area contributed by atoms with Gasteiger partial charge in [0.25, 0.3) is 0 Å². The number of nitrogens with zero attached hydrogens (tertiary/aromatic N) is 1. The van der Waals surface area contributed by atoms with Crippen LogP contribution in [0.5, 0.6) is 0 Å². The average molecular weight is 244 g/mol. The molecule has 1 unspecified atom stereocenters. The minimum absolute atomic E-state index is 0.126. The molecule has 1 amide bonds. The molecule has 0 saturated heterocycles. The molecule has 3 nitrogen and oxygen atoms in total. The van der Waals surface area contributed by atoms with Crippen molar-refractivity contribution in [3.63, 3.8) is 0 Å². The lowest BCUT2D eigenvalue weighted by atomic mass is 9.79. The van der Waals surface area contributed by atoms with Gasteiger partial charge in [0.05, 0.1) is 6.42 Å². The molecule has 1 aliphatic carbocycles. The second-order valence-electron chi connectivity index (χ2n) is 5.66. The standard InChI is InChI=1S/C15H20N2O/c1-17-14-6-5-11(8-12(14)9-15(17)18)13(16)7-10-3-2-4-10/h5-6,8,10,13H,2-4,7,9,16H2,1H3. The number of benzene rings is 1. The fourth-order valence-corrected chi connectivity index (χ4v) is 2.94. The quantitative estimate of drug-likeness (QED) is 0.887. The van der Waals surface area contributed by atoms with Crippen LogP contribution in [0, 0.1) is 5.92 Å². The summed E-state index contributed by atoms with van der Waals surface area (Å²) in [5.41, 5.74) is 9.62. The molecule has 3 rings (SSSR count). The van der Waals surface area contributed by atoms with E-state index in [1.54, 1.807) is 4.90 Å². The molecule has 1 aromatic carbocycles. The summed E-state index contributed by atoms with van der Waals surface area (Å²) in [5.74, 6) is 0.993. The first-order valence-electron chi connectivity index (χ1n) is 6.80. The SMILES string of the molecule is CN1C(=O)Cc2cc(C(N)CC3CCC3)ccc21. The summed E-state index contributed by atoms with van der Waals surface area (Å²) in [5, 5.41) is 0. The third-order valence-electron chi connectivity index (χ3n) is 4.42. The van der Waals surface area contributed by atoms with Crippen LogP contribution in [0.15, 0.2) is 18.2 Å². The van der Waals surface area contributed by atoms with Crippen LogP contribution >= 0.6 is 0 Å². The lowest BCUT2D eigenvalue weighted by Gasteiger charge is -2.28. The van der Waals surface area contributed by atoms with Gasteiger partial charge in [0, 0.05) is 18.8 Å². The molecule has 1 aliphatic heterocycles. The molecule has 2 N–H and O–H groups in total. The number of carbonyl (C=O) groups excluding carboxylic acids is 1. The topological polar surface area (TPSA) is 46.3 Å². The molecule has 1 atom stereocenters. The van der Waals surface area contributed by atoms with E-state index in [1.165, 1.54) is 24.8 Å². The van der Waals surface area contributed by atoms with Gasteiger partial charge >= 0.3 is 0 Å². The van der Waals surface area contributed by atoms with Gasteiger partial charge in [-0.1, -0.05) is 31.4 Å². The van der Waals surface area contributed by atoms with Gasteiger partial charge < -0.3 is 10.6 Å². The Morgan fingerprint density at radius 1 is 1.44 bits per heavy atom. The highest BCUT2D eigenvalue weighted by Crippen LogP contribution is 2.35. The van der Waals surface area contributed by atoms with E-state index in [9.17, 15) is 4.79 Å². The van der Waals surface area contributed by atoms with Crippen molar-refractivity contribution in [2.45, 2.75) is 38.1 Å². The Hall–Kier alpha value is -1.35. The lowest BCUT2D eigenvalue weighted by molar-refractivity contribution is -0.117. The molecule has 0 aromatic heterocycles. The van der Waals surface area contributed by atoms with Crippen LogP contribution in [0.2, 0.25) is 0 Å². The maximum Gasteiger partial charge on any atom is 0.231 e. The van der Waals surface area contributed by atoms with Crippen molar-refractivity contribution in [1.29, 1.82) is 0 Å². The average Bonchev–Trinajstić information content (AvgIpc) is 2.59. The minimum atomic E-state index is 0.126. The van der Waals surface area contributed by atoms with Gasteiger partial charge in [-0.2, -0.15) is 0 Å². The molecule has 1 fully saturated rings. The predicted octanol–water partition coefficient (Wildman–Crippen LogP) is 2.40. The molecule has 0 spiro atoms. The second-order valence-corrected chi connectivity index (χ2v) is 5.66. The van der Waals surface area contributed by atoms with Crippen LogP contribution in [-0.2, 0) is 11.2 Å². The van der Waals surface area contributed by atoms with Crippen LogP contribution in [0.25, 0.3) is 0 Å². The number of hydrogen-bond acceptors (Lipinski definition) is 2. The lowest BCUT2D eigenvalue weighted by Crippen LogP contribution is -2.20. The summed E-state index contributed by atoms with van der Waals surface area (Å²) in [7, 11) is 1.84. The van der Waals surface area contributed by atoms with Crippen LogP contribution in [0.4, 0.5) is 5.69 Å². The van der Waals surface area contributed by atoms with Gasteiger partial charge in [0.1, 0.15) is 0 Å². The van der Waals surface area contributed by atoms with Gasteiger partial charge in [0.2, 0.25) is 5.91 Å². The number of hydrogen-bond donors (Lipinski definition) is 1. The highest BCUT2D eigenvalue weighted by atomic mass is 16.2. The zero-order chi connectivity index (χ0) is 12.7. The normalized spacial score (nSPS) is 20.8. The van der Waals surface area contributed by atoms with E-state index in [1.807, 2.05) is 13.1 Å². The van der Waals surface area contributed by atoms with E-state index in [0.29, 0.717) is 6.42 Å². The van der Waals surface area contributed by atoms with E-state index in [2.05, 4.69) is 12.1 Å². The van der Waals surface area contributed by atoms with Crippen LogP contribution in [0.1, 0.15) is 42.9 Å². The Morgan fingerprint density at radius 2 is 2.22 bits per heavy atom. The summed E-state index contributed by atoms with van der Waals surface area (Å²) in [6, 6.07) is 6.37. The Bertz CT molecular complexity index is 479. The van der Waals surface area contributed by atoms with Crippen molar-refractivity contribution in [1.82, 2.24) is 0 Å². The van der Waals surface area contributed by atoms with Crippen LogP contribution < -0.4 is 10.6 Å². The Morgan fingerprint density at radius 3 is 2.89 bits per heavy atom. The van der Waals surface area contributed by atoms with Gasteiger partial charge in [-0.05, 0) is 29.5 Å². The first-order chi connectivity index (χ1) is 8.65. The second kappa shape index (κ2) is 4.39. The molecular formula is C15H20N2O. The fourth-order valence-electron chi connectivity index (χ4n) is 2.94. The molecule has 18 heavy (non-hydrogen) atoms. The van der Waals surface area contributed by atoms with Crippen LogP contribution in [-0.4, -0.2) is 13.0 Å². The number of nitrogens with two attached hydrogens (primary N) is 1. The van der Waals surface area contributed by atoms with Gasteiger partial charge in [0.15, 0.2) is 0 Å². The highest BCUT2D eigenvalue weighted by Gasteiger charge is 2.26. The van der Waals surface area contributed by atoms with Crippen molar-refractivity contribution >= 4 is 11.6 Å². The smallest absolute Gasteiger partial charge is 0.231 e. The minimum Gasteiger partial charge on any atom is -0.324 e. The maximum atomic E-state index is 11.6. The Labute approximate surface area is 108 Å². The molecule has 3 heteroatoms. The predicted molar refractivity (Wildman–Crippen MR) is 72.4 cm³/mol. The third kappa shape index (κ3) is 1.93. The summed E-state index contributed by atoms with van der Waals surface area (Å²) < 4.78 is 0. The first-order valence-corrected chi connectivity index (χ1v) is 6.80. The molecule has 2 aliphatic rings. The molecule has 1 saturated carbocycles. The summed E-state index contributed by atoms with van der Waals surface area (Å²) in [4.78, 5) is 13.4.